The van der Waals surface area contributed by atoms with Crippen molar-refractivity contribution in [2.75, 3.05) is 0 Å². The summed E-state index contributed by atoms with van der Waals surface area (Å²) < 4.78 is 0. The Hall–Kier alpha value is -0.588. The number of amides is 1. The first-order valence-corrected chi connectivity index (χ1v) is 3.20. The van der Waals surface area contributed by atoms with Crippen LogP contribution in [-0.2, 0) is 0 Å². The average molecular weight is 356 g/mol. The Bertz CT molecular complexity index is 299. The van der Waals surface area contributed by atoms with Crippen LogP contribution in [0.3, 0.4) is 0 Å². The van der Waals surface area contributed by atoms with Crippen LogP contribution in [0.5, 0.6) is 5.75 Å². The maximum Gasteiger partial charge on any atom is 1.00 e. The Kier molecular flexibility index (Phi) is 4.22. The van der Waals surface area contributed by atoms with E-state index >= 15 is 0 Å². The Morgan fingerprint density at radius 1 is 1.50 bits per heavy atom. The Morgan fingerprint density at radius 3 is 2.50 bits per heavy atom. The monoisotopic (exact) mass is 356 g/mol. The first-order valence-electron chi connectivity index (χ1n) is 3.20. The number of hydrogen-bond donors (Lipinski definition) is 2. The van der Waals surface area contributed by atoms with E-state index in [0.29, 0.717) is 0 Å². The van der Waals surface area contributed by atoms with E-state index in [2.05, 4.69) is 0 Å². The van der Waals surface area contributed by atoms with Crippen LogP contribution < -0.4 is 5.73 Å². The first kappa shape index (κ1) is 11.4. The number of phenols is 1. The summed E-state index contributed by atoms with van der Waals surface area (Å²) in [6, 6.07) is 4.73. The number of hydrogen-bond acceptors (Lipinski definition) is 2. The second-order valence-electron chi connectivity index (χ2n) is 2.38. The molecule has 0 aliphatic heterocycles. The number of nitrogens with two attached hydrogens (primary N) is 1. The maximum atomic E-state index is 10.6. The van der Waals surface area contributed by atoms with E-state index in [0.717, 1.165) is 5.56 Å². The van der Waals surface area contributed by atoms with Gasteiger partial charge in [0.15, 0.2) is 0 Å². The predicted molar refractivity (Wildman–Crippen MR) is 47.1 cm³/mol. The normalized spacial score (nSPS) is 8.75. The molecule has 0 fully saturated rings. The van der Waals surface area contributed by atoms with Crippen LogP contribution in [-0.4, -0.2) is 38.3 Å². The van der Waals surface area contributed by atoms with Gasteiger partial charge in [0.1, 0.15) is 5.75 Å². The summed E-state index contributed by atoms with van der Waals surface area (Å²) in [4.78, 5) is 10.6. The number of primary amides is 1. The van der Waals surface area contributed by atoms with Crippen molar-refractivity contribution in [1.29, 1.82) is 0 Å². The number of rotatable bonds is 1. The molecule has 1 aromatic carbocycles. The molecule has 0 heterocycles. The zero-order chi connectivity index (χ0) is 8.43. The molecule has 0 radical (unpaired) electrons. The number of aryl methyl sites for hydroxylation is 1. The molecule has 1 rings (SSSR count). The van der Waals surface area contributed by atoms with E-state index in [1.54, 1.807) is 6.07 Å². The summed E-state index contributed by atoms with van der Waals surface area (Å²) in [6.07, 6.45) is 0. The summed E-state index contributed by atoms with van der Waals surface area (Å²) in [5.41, 5.74) is 6.02. The molecular formula is C8H9NO2Tl+. The molecular weight excluding hydrogens is 346 g/mol. The van der Waals surface area contributed by atoms with Crippen LogP contribution >= 0.6 is 0 Å². The van der Waals surface area contributed by atoms with E-state index in [-0.39, 0.29) is 38.6 Å². The molecule has 0 aromatic heterocycles. The zero-order valence-electron chi connectivity index (χ0n) is 6.74. The van der Waals surface area contributed by atoms with Gasteiger partial charge in [-0.2, -0.15) is 0 Å². The van der Waals surface area contributed by atoms with E-state index in [1.807, 2.05) is 6.92 Å². The standard InChI is InChI=1S/C8H9NO2.Tl/c1-5-2-3-6(8(9)11)7(10)4-5;/h2-4,10H,1H3,(H2,9,11);/q;+1. The molecule has 0 bridgehead atoms. The van der Waals surface area contributed by atoms with Crippen molar-refractivity contribution in [2.45, 2.75) is 6.92 Å². The van der Waals surface area contributed by atoms with Gasteiger partial charge < -0.3 is 10.8 Å². The number of carbonyl (C=O) groups excluding carboxylic acids is 1. The third-order valence-electron chi connectivity index (χ3n) is 1.42. The van der Waals surface area contributed by atoms with Gasteiger partial charge in [-0.05, 0) is 24.6 Å². The summed E-state index contributed by atoms with van der Waals surface area (Å²) in [7, 11) is 0. The molecule has 3 nitrogen and oxygen atoms in total. The molecule has 0 atom stereocenters. The van der Waals surface area contributed by atoms with Crippen molar-refractivity contribution >= 4 is 33.2 Å². The number of benzene rings is 1. The molecule has 0 aliphatic carbocycles. The second-order valence-corrected chi connectivity index (χ2v) is 2.38. The van der Waals surface area contributed by atoms with E-state index < -0.39 is 5.91 Å². The van der Waals surface area contributed by atoms with Crippen LogP contribution in [0.2, 0.25) is 0 Å². The minimum Gasteiger partial charge on any atom is -0.507 e. The molecule has 1 amide bonds. The van der Waals surface area contributed by atoms with Crippen molar-refractivity contribution in [1.82, 2.24) is 0 Å². The van der Waals surface area contributed by atoms with E-state index in [4.69, 9.17) is 10.8 Å². The van der Waals surface area contributed by atoms with Crippen molar-refractivity contribution < 1.29 is 9.90 Å². The molecule has 0 unspecified atom stereocenters. The van der Waals surface area contributed by atoms with Gasteiger partial charge in [-0.15, -0.1) is 0 Å². The van der Waals surface area contributed by atoms with Gasteiger partial charge in [0.25, 0.3) is 5.91 Å². The molecule has 4 heteroatoms. The van der Waals surface area contributed by atoms with Crippen molar-refractivity contribution in [2.24, 2.45) is 5.73 Å². The Labute approximate surface area is 90.7 Å². The smallest absolute Gasteiger partial charge is 0.507 e. The second kappa shape index (κ2) is 4.44. The van der Waals surface area contributed by atoms with Crippen molar-refractivity contribution in [3.63, 3.8) is 0 Å². The van der Waals surface area contributed by atoms with Gasteiger partial charge in [-0.3, -0.25) is 4.79 Å². The van der Waals surface area contributed by atoms with Gasteiger partial charge >= 0.3 is 27.3 Å². The van der Waals surface area contributed by atoms with E-state index in [9.17, 15) is 4.79 Å². The molecule has 0 aliphatic rings. The molecule has 1 aromatic rings. The van der Waals surface area contributed by atoms with Crippen molar-refractivity contribution in [3.8, 4) is 5.75 Å². The SMILES string of the molecule is Cc1ccc(C(N)=O)c(O)c1.[Tl+]. The van der Waals surface area contributed by atoms with Gasteiger partial charge in [-0.1, -0.05) is 6.07 Å². The fraction of sp³-hybridized carbons (Fsp3) is 0.125. The molecule has 0 saturated heterocycles. The fourth-order valence-electron chi connectivity index (χ4n) is 0.850. The first-order chi connectivity index (χ1) is 5.11. The molecule has 0 spiro atoms. The van der Waals surface area contributed by atoms with Crippen molar-refractivity contribution in [3.05, 3.63) is 29.3 Å². The fourth-order valence-corrected chi connectivity index (χ4v) is 0.850. The minimum absolute atomic E-state index is 0. The summed E-state index contributed by atoms with van der Waals surface area (Å²) in [6.45, 7) is 1.82. The predicted octanol–water partition coefficient (Wildman–Crippen LogP) is 0.419. The summed E-state index contributed by atoms with van der Waals surface area (Å²) >= 11 is 0. The Balaban J connectivity index is 0.00000121. The third kappa shape index (κ3) is 2.47. The van der Waals surface area contributed by atoms with E-state index in [1.165, 1.54) is 12.1 Å². The third-order valence-corrected chi connectivity index (χ3v) is 1.42. The Morgan fingerprint density at radius 2 is 2.08 bits per heavy atom. The average Bonchev–Trinajstić information content (AvgIpc) is 1.85. The van der Waals surface area contributed by atoms with Crippen LogP contribution in [0.25, 0.3) is 0 Å². The van der Waals surface area contributed by atoms with Gasteiger partial charge in [-0.25, -0.2) is 0 Å². The topological polar surface area (TPSA) is 63.3 Å². The van der Waals surface area contributed by atoms with Gasteiger partial charge in [0.05, 0.1) is 5.56 Å². The van der Waals surface area contributed by atoms with Crippen LogP contribution in [0.1, 0.15) is 15.9 Å². The molecule has 3 N–H and O–H groups in total. The van der Waals surface area contributed by atoms with Gasteiger partial charge in [0.2, 0.25) is 0 Å². The van der Waals surface area contributed by atoms with Crippen LogP contribution in [0.4, 0.5) is 0 Å². The number of carbonyl (C=O) groups is 1. The van der Waals surface area contributed by atoms with Crippen LogP contribution in [0, 0.1) is 6.92 Å². The largest absolute Gasteiger partial charge is 1.00 e. The summed E-state index contributed by atoms with van der Waals surface area (Å²) in [5, 5.41) is 9.16. The zero-order valence-corrected chi connectivity index (χ0v) is 11.2. The molecule has 0 saturated carbocycles. The minimum atomic E-state index is -0.609. The molecule has 60 valence electrons. The number of aromatic hydroxyl groups is 1. The molecule has 12 heavy (non-hydrogen) atoms. The van der Waals surface area contributed by atoms with Gasteiger partial charge in [0, 0.05) is 0 Å². The van der Waals surface area contributed by atoms with Crippen LogP contribution in [0.15, 0.2) is 18.2 Å². The maximum absolute atomic E-state index is 10.6. The quantitative estimate of drug-likeness (QED) is 0.717. The summed E-state index contributed by atoms with van der Waals surface area (Å²) in [5.74, 6) is -0.667.